The number of amides is 2. The van der Waals surface area contributed by atoms with Gasteiger partial charge in [-0.3, -0.25) is 9.89 Å². The molecule has 1 aromatic rings. The van der Waals surface area contributed by atoms with Gasteiger partial charge in [0.25, 0.3) is 5.91 Å². The molecule has 2 aliphatic heterocycles. The number of aromatic amines is 1. The van der Waals surface area contributed by atoms with Crippen molar-refractivity contribution in [2.75, 3.05) is 18.5 Å². The zero-order valence-electron chi connectivity index (χ0n) is 14.3. The largest absolute Gasteiger partial charge is 0.444 e. The summed E-state index contributed by atoms with van der Waals surface area (Å²) in [6.07, 6.45) is 1.53. The van der Waals surface area contributed by atoms with Crippen LogP contribution in [0.5, 0.6) is 0 Å². The lowest BCUT2D eigenvalue weighted by Crippen LogP contribution is -2.40. The van der Waals surface area contributed by atoms with Crippen LogP contribution in [-0.4, -0.2) is 52.0 Å². The van der Waals surface area contributed by atoms with Crippen molar-refractivity contribution in [3.05, 3.63) is 11.3 Å². The number of rotatable bonds is 2. The lowest BCUT2D eigenvalue weighted by Gasteiger charge is -2.29. The molecule has 3 heterocycles. The molecule has 3 rings (SSSR count). The van der Waals surface area contributed by atoms with Crippen LogP contribution in [0.25, 0.3) is 0 Å². The fourth-order valence-electron chi connectivity index (χ4n) is 2.89. The standard InChI is InChI=1S/C16H24N4O4/c1-16(2,3)24-15(22)20-7-6-10-11(9-20)18-19-13(10)17-14(21)12-5-4-8-23-12/h12H,4-9H2,1-3H3,(H2,17,18,19,21). The molecule has 1 fully saturated rings. The Morgan fingerprint density at radius 1 is 1.42 bits per heavy atom. The molecule has 8 heteroatoms. The second-order valence-corrected chi connectivity index (χ2v) is 7.17. The van der Waals surface area contributed by atoms with Gasteiger partial charge >= 0.3 is 6.09 Å². The van der Waals surface area contributed by atoms with Crippen LogP contribution >= 0.6 is 0 Å². The molecule has 0 aromatic carbocycles. The van der Waals surface area contributed by atoms with Crippen LogP contribution in [0.1, 0.15) is 44.9 Å². The van der Waals surface area contributed by atoms with E-state index >= 15 is 0 Å². The highest BCUT2D eigenvalue weighted by Gasteiger charge is 2.30. The molecule has 2 aliphatic rings. The summed E-state index contributed by atoms with van der Waals surface area (Å²) >= 11 is 0. The Hall–Kier alpha value is -2.09. The van der Waals surface area contributed by atoms with Gasteiger partial charge in [0.15, 0.2) is 5.82 Å². The monoisotopic (exact) mass is 336 g/mol. The molecular formula is C16H24N4O4. The van der Waals surface area contributed by atoms with E-state index in [1.54, 1.807) is 4.90 Å². The van der Waals surface area contributed by atoms with Gasteiger partial charge in [-0.1, -0.05) is 0 Å². The van der Waals surface area contributed by atoms with Crippen LogP contribution in [0.15, 0.2) is 0 Å². The molecule has 0 spiro atoms. The molecule has 24 heavy (non-hydrogen) atoms. The topological polar surface area (TPSA) is 96.6 Å². The maximum atomic E-state index is 12.2. The number of carbonyl (C=O) groups excluding carboxylic acids is 2. The summed E-state index contributed by atoms with van der Waals surface area (Å²) in [4.78, 5) is 26.0. The number of nitrogens with one attached hydrogen (secondary N) is 2. The predicted octanol–water partition coefficient (Wildman–Crippen LogP) is 1.82. The zero-order valence-corrected chi connectivity index (χ0v) is 14.3. The van der Waals surface area contributed by atoms with Gasteiger partial charge in [-0.2, -0.15) is 5.10 Å². The second-order valence-electron chi connectivity index (χ2n) is 7.17. The molecule has 0 saturated carbocycles. The number of aromatic nitrogens is 2. The lowest BCUT2D eigenvalue weighted by atomic mass is 10.1. The van der Waals surface area contributed by atoms with E-state index in [9.17, 15) is 9.59 Å². The summed E-state index contributed by atoms with van der Waals surface area (Å²) in [5.41, 5.74) is 1.25. The molecule has 132 valence electrons. The van der Waals surface area contributed by atoms with Gasteiger partial charge in [0.1, 0.15) is 11.7 Å². The van der Waals surface area contributed by atoms with E-state index in [1.165, 1.54) is 0 Å². The van der Waals surface area contributed by atoms with Crippen LogP contribution in [0.4, 0.5) is 10.6 Å². The average Bonchev–Trinajstić information content (AvgIpc) is 3.15. The molecule has 8 nitrogen and oxygen atoms in total. The minimum Gasteiger partial charge on any atom is -0.444 e. The van der Waals surface area contributed by atoms with Crippen molar-refractivity contribution in [3.63, 3.8) is 0 Å². The molecule has 1 unspecified atom stereocenters. The summed E-state index contributed by atoms with van der Waals surface area (Å²) in [6.45, 7) is 7.08. The number of H-pyrrole nitrogens is 1. The maximum absolute atomic E-state index is 12.2. The number of hydrogen-bond donors (Lipinski definition) is 2. The van der Waals surface area contributed by atoms with Crippen molar-refractivity contribution in [2.24, 2.45) is 0 Å². The molecule has 1 atom stereocenters. The summed E-state index contributed by atoms with van der Waals surface area (Å²) in [7, 11) is 0. The van der Waals surface area contributed by atoms with E-state index < -0.39 is 5.60 Å². The van der Waals surface area contributed by atoms with E-state index in [1.807, 2.05) is 20.8 Å². The third kappa shape index (κ3) is 3.69. The summed E-state index contributed by atoms with van der Waals surface area (Å²) < 4.78 is 10.8. The van der Waals surface area contributed by atoms with Gasteiger partial charge in [-0.05, 0) is 40.0 Å². The van der Waals surface area contributed by atoms with E-state index in [0.29, 0.717) is 31.9 Å². The van der Waals surface area contributed by atoms with E-state index in [4.69, 9.17) is 9.47 Å². The number of carbonyl (C=O) groups is 2. The number of fused-ring (bicyclic) bond motifs is 1. The lowest BCUT2D eigenvalue weighted by molar-refractivity contribution is -0.124. The molecule has 1 saturated heterocycles. The van der Waals surface area contributed by atoms with E-state index in [2.05, 4.69) is 15.5 Å². The smallest absolute Gasteiger partial charge is 0.410 e. The zero-order chi connectivity index (χ0) is 17.3. The fourth-order valence-corrected chi connectivity index (χ4v) is 2.89. The van der Waals surface area contributed by atoms with Crippen molar-refractivity contribution < 1.29 is 19.1 Å². The van der Waals surface area contributed by atoms with Crippen LogP contribution in [-0.2, 0) is 27.2 Å². The summed E-state index contributed by atoms with van der Waals surface area (Å²) in [6, 6.07) is 0. The van der Waals surface area contributed by atoms with Gasteiger partial charge in [-0.15, -0.1) is 0 Å². The van der Waals surface area contributed by atoms with Crippen molar-refractivity contribution >= 4 is 17.8 Å². The van der Waals surface area contributed by atoms with E-state index in [0.717, 1.165) is 24.1 Å². The summed E-state index contributed by atoms with van der Waals surface area (Å²) in [5, 5.41) is 9.93. The Morgan fingerprint density at radius 2 is 2.21 bits per heavy atom. The second kappa shape index (κ2) is 6.43. The number of hydrogen-bond acceptors (Lipinski definition) is 5. The minimum atomic E-state index is -0.522. The number of anilines is 1. The molecule has 1 aromatic heterocycles. The first-order valence-corrected chi connectivity index (χ1v) is 8.30. The van der Waals surface area contributed by atoms with Gasteiger partial charge in [0, 0.05) is 18.7 Å². The first kappa shape index (κ1) is 16.8. The molecule has 0 aliphatic carbocycles. The Kier molecular flexibility index (Phi) is 4.49. The Morgan fingerprint density at radius 3 is 2.88 bits per heavy atom. The van der Waals surface area contributed by atoms with Crippen LogP contribution in [0, 0.1) is 0 Å². The SMILES string of the molecule is CC(C)(C)OC(=O)N1CCc2c(NC(=O)C3CCCO3)n[nH]c2C1. The molecule has 0 radical (unpaired) electrons. The van der Waals surface area contributed by atoms with Crippen LogP contribution < -0.4 is 5.32 Å². The fraction of sp³-hybridized carbons (Fsp3) is 0.688. The quantitative estimate of drug-likeness (QED) is 0.859. The highest BCUT2D eigenvalue weighted by Crippen LogP contribution is 2.25. The van der Waals surface area contributed by atoms with Crippen molar-refractivity contribution in [1.29, 1.82) is 0 Å². The molecular weight excluding hydrogens is 312 g/mol. The van der Waals surface area contributed by atoms with E-state index in [-0.39, 0.29) is 18.1 Å². The van der Waals surface area contributed by atoms with Crippen molar-refractivity contribution in [1.82, 2.24) is 15.1 Å². The highest BCUT2D eigenvalue weighted by atomic mass is 16.6. The number of ether oxygens (including phenoxy) is 2. The van der Waals surface area contributed by atoms with Crippen LogP contribution in [0.3, 0.4) is 0 Å². The predicted molar refractivity (Wildman–Crippen MR) is 86.5 cm³/mol. The third-order valence-corrected chi connectivity index (χ3v) is 4.05. The summed E-state index contributed by atoms with van der Waals surface area (Å²) in [5.74, 6) is 0.380. The highest BCUT2D eigenvalue weighted by molar-refractivity contribution is 5.94. The van der Waals surface area contributed by atoms with Gasteiger partial charge in [-0.25, -0.2) is 4.79 Å². The molecule has 0 bridgehead atoms. The molecule has 2 N–H and O–H groups in total. The van der Waals surface area contributed by atoms with Crippen LogP contribution in [0.2, 0.25) is 0 Å². The number of nitrogens with zero attached hydrogens (tertiary/aromatic N) is 2. The normalized spacial score (nSPS) is 20.6. The maximum Gasteiger partial charge on any atom is 0.410 e. The Balaban J connectivity index is 1.63. The van der Waals surface area contributed by atoms with Crippen molar-refractivity contribution in [3.8, 4) is 0 Å². The first-order chi connectivity index (χ1) is 11.3. The van der Waals surface area contributed by atoms with Gasteiger partial charge < -0.3 is 19.7 Å². The Labute approximate surface area is 140 Å². The molecule has 2 amide bonds. The average molecular weight is 336 g/mol. The van der Waals surface area contributed by atoms with Gasteiger partial charge in [0.2, 0.25) is 0 Å². The third-order valence-electron chi connectivity index (χ3n) is 4.05. The Bertz CT molecular complexity index is 629. The van der Waals surface area contributed by atoms with Crippen molar-refractivity contribution in [2.45, 2.75) is 58.3 Å². The minimum absolute atomic E-state index is 0.156. The first-order valence-electron chi connectivity index (χ1n) is 8.30. The van der Waals surface area contributed by atoms with Gasteiger partial charge in [0.05, 0.1) is 12.2 Å².